The van der Waals surface area contributed by atoms with Gasteiger partial charge in [-0.2, -0.15) is 0 Å². The number of hydrogen-bond acceptors (Lipinski definition) is 3. The molecule has 1 fully saturated rings. The Morgan fingerprint density at radius 3 is 2.53 bits per heavy atom. The van der Waals surface area contributed by atoms with Crippen LogP contribution in [0.5, 0.6) is 0 Å². The molecule has 0 saturated heterocycles. The topological polar surface area (TPSA) is 80.4 Å². The van der Waals surface area contributed by atoms with Gasteiger partial charge in [0.1, 0.15) is 0 Å². The lowest BCUT2D eigenvalue weighted by molar-refractivity contribution is -0.121. The van der Waals surface area contributed by atoms with Crippen molar-refractivity contribution in [1.29, 1.82) is 0 Å². The van der Waals surface area contributed by atoms with Gasteiger partial charge in [-0.1, -0.05) is 25.1 Å². The van der Waals surface area contributed by atoms with Crippen LogP contribution in [0.1, 0.15) is 48.5 Å². The number of fused-ring (bicyclic) bond motifs is 1. The van der Waals surface area contributed by atoms with Crippen LogP contribution in [0.2, 0.25) is 0 Å². The van der Waals surface area contributed by atoms with Gasteiger partial charge < -0.3 is 20.5 Å². The van der Waals surface area contributed by atoms with Crippen LogP contribution in [-0.2, 0) is 18.4 Å². The van der Waals surface area contributed by atoms with E-state index in [9.17, 15) is 9.59 Å². The first-order chi connectivity index (χ1) is 15.4. The largest absolute Gasteiger partial charge is 0.353 e. The third kappa shape index (κ3) is 4.28. The van der Waals surface area contributed by atoms with E-state index in [-0.39, 0.29) is 23.9 Å². The third-order valence-electron chi connectivity index (χ3n) is 6.72. The second-order valence-electron chi connectivity index (χ2n) is 8.78. The molecule has 3 aromatic rings. The number of aromatic nitrogens is 1. The smallest absolute Gasteiger partial charge is 0.253 e. The van der Waals surface area contributed by atoms with E-state index in [0.717, 1.165) is 41.5 Å². The van der Waals surface area contributed by atoms with Crippen LogP contribution in [0, 0.1) is 0 Å². The van der Waals surface area contributed by atoms with Gasteiger partial charge in [-0.15, -0.1) is 0 Å². The summed E-state index contributed by atoms with van der Waals surface area (Å²) in [4.78, 5) is 26.5. The van der Waals surface area contributed by atoms with Crippen LogP contribution in [0.4, 0.5) is 0 Å². The molecule has 0 aliphatic heterocycles. The second-order valence-corrected chi connectivity index (χ2v) is 8.78. The number of amides is 2. The van der Waals surface area contributed by atoms with Gasteiger partial charge in [-0.25, -0.2) is 0 Å². The van der Waals surface area contributed by atoms with Crippen molar-refractivity contribution in [2.24, 2.45) is 12.8 Å². The highest BCUT2D eigenvalue weighted by molar-refractivity contribution is 5.95. The number of nitrogens with two attached hydrogens (primary N) is 1. The molecule has 1 heterocycles. The fourth-order valence-electron chi connectivity index (χ4n) is 4.76. The second kappa shape index (κ2) is 9.17. The minimum Gasteiger partial charge on any atom is -0.353 e. The molecule has 3 N–H and O–H groups in total. The summed E-state index contributed by atoms with van der Waals surface area (Å²) in [7, 11) is 3.89. The van der Waals surface area contributed by atoms with Crippen molar-refractivity contribution in [2.75, 3.05) is 7.05 Å². The maximum Gasteiger partial charge on any atom is 0.253 e. The average Bonchev–Trinajstić information content (AvgIpc) is 3.41. The van der Waals surface area contributed by atoms with Crippen molar-refractivity contribution in [2.45, 2.75) is 51.2 Å². The molecular formula is C26H32N4O2. The van der Waals surface area contributed by atoms with Crippen LogP contribution in [0.15, 0.2) is 48.7 Å². The number of nitrogens with one attached hydrogen (secondary N) is 1. The molecule has 1 aromatic heterocycles. The highest BCUT2D eigenvalue weighted by Crippen LogP contribution is 2.29. The number of carbonyl (C=O) groups excluding carboxylic acids is 2. The Bertz CT molecular complexity index is 1130. The summed E-state index contributed by atoms with van der Waals surface area (Å²) in [6.45, 7) is 2.36. The highest BCUT2D eigenvalue weighted by Gasteiger charge is 2.30. The van der Waals surface area contributed by atoms with E-state index in [1.54, 1.807) is 0 Å². The number of nitrogens with zero attached hydrogens (tertiary/aromatic N) is 2. The summed E-state index contributed by atoms with van der Waals surface area (Å²) < 4.78 is 2.10. The van der Waals surface area contributed by atoms with Gasteiger partial charge in [0.05, 0.1) is 0 Å². The first-order valence-corrected chi connectivity index (χ1v) is 11.4. The maximum atomic E-state index is 13.0. The van der Waals surface area contributed by atoms with Gasteiger partial charge in [0, 0.05) is 61.8 Å². The Balaban J connectivity index is 1.47. The molecule has 32 heavy (non-hydrogen) atoms. The summed E-state index contributed by atoms with van der Waals surface area (Å²) in [6, 6.07) is 14.5. The van der Waals surface area contributed by atoms with E-state index < -0.39 is 0 Å². The monoisotopic (exact) mass is 432 g/mol. The molecule has 168 valence electrons. The van der Waals surface area contributed by atoms with Gasteiger partial charge in [0.2, 0.25) is 5.91 Å². The van der Waals surface area contributed by atoms with Crippen LogP contribution >= 0.6 is 0 Å². The molecule has 6 nitrogen and oxygen atoms in total. The first-order valence-electron chi connectivity index (χ1n) is 11.4. The summed E-state index contributed by atoms with van der Waals surface area (Å²) in [5.74, 6) is 0.0976. The Kier molecular flexibility index (Phi) is 6.33. The van der Waals surface area contributed by atoms with Crippen molar-refractivity contribution < 1.29 is 9.59 Å². The minimum absolute atomic E-state index is 0.0212. The molecule has 4 rings (SSSR count). The Morgan fingerprint density at radius 2 is 1.84 bits per heavy atom. The zero-order valence-corrected chi connectivity index (χ0v) is 19.1. The molecule has 1 aliphatic rings. The number of rotatable bonds is 6. The van der Waals surface area contributed by atoms with Gasteiger partial charge in [-0.05, 0) is 60.2 Å². The molecule has 0 spiro atoms. The standard InChI is InChI=1S/C26H32N4O2/c1-4-25(31)28-21-10-11-22(14-21)30(3)26(32)18-7-5-17(6-8-18)19-9-12-24-23(13-19)20(15-27)16-29(24)2/h5-9,12-13,16,21-22H,4,10-11,14-15,27H2,1-3H3,(H,28,31)/t21-,22+/m0/s1. The fourth-order valence-corrected chi connectivity index (χ4v) is 4.76. The third-order valence-corrected chi connectivity index (χ3v) is 6.72. The lowest BCUT2D eigenvalue weighted by Gasteiger charge is -2.25. The van der Waals surface area contributed by atoms with E-state index in [0.29, 0.717) is 18.5 Å². The molecule has 2 aromatic carbocycles. The summed E-state index contributed by atoms with van der Waals surface area (Å²) in [5.41, 5.74) is 11.1. The summed E-state index contributed by atoms with van der Waals surface area (Å²) >= 11 is 0. The Labute approximate surface area is 189 Å². The van der Waals surface area contributed by atoms with E-state index in [1.165, 1.54) is 5.39 Å². The fraction of sp³-hybridized carbons (Fsp3) is 0.385. The van der Waals surface area contributed by atoms with E-state index in [1.807, 2.05) is 50.2 Å². The Hall–Kier alpha value is -3.12. The van der Waals surface area contributed by atoms with Crippen molar-refractivity contribution in [3.05, 3.63) is 59.8 Å². The van der Waals surface area contributed by atoms with E-state index in [4.69, 9.17) is 5.73 Å². The lowest BCUT2D eigenvalue weighted by Crippen LogP contribution is -2.38. The average molecular weight is 433 g/mol. The lowest BCUT2D eigenvalue weighted by atomic mass is 10.0. The summed E-state index contributed by atoms with van der Waals surface area (Å²) in [5, 5.41) is 4.22. The van der Waals surface area contributed by atoms with E-state index in [2.05, 4.69) is 34.3 Å². The molecule has 2 amide bonds. The number of carbonyl (C=O) groups is 2. The maximum absolute atomic E-state index is 13.0. The predicted molar refractivity (Wildman–Crippen MR) is 128 cm³/mol. The first kappa shape index (κ1) is 22.1. The van der Waals surface area contributed by atoms with Crippen molar-refractivity contribution in [3.63, 3.8) is 0 Å². The zero-order chi connectivity index (χ0) is 22.8. The van der Waals surface area contributed by atoms with Gasteiger partial charge in [0.25, 0.3) is 5.91 Å². The molecular weight excluding hydrogens is 400 g/mol. The molecule has 1 aliphatic carbocycles. The molecule has 6 heteroatoms. The van der Waals surface area contributed by atoms with Crippen LogP contribution in [0.25, 0.3) is 22.0 Å². The van der Waals surface area contributed by atoms with Crippen LogP contribution < -0.4 is 11.1 Å². The quantitative estimate of drug-likeness (QED) is 0.621. The number of aryl methyl sites for hydroxylation is 1. The van der Waals surface area contributed by atoms with E-state index >= 15 is 0 Å². The zero-order valence-electron chi connectivity index (χ0n) is 19.1. The minimum atomic E-state index is 0.0212. The molecule has 0 radical (unpaired) electrons. The van der Waals surface area contributed by atoms with Gasteiger partial charge >= 0.3 is 0 Å². The Morgan fingerprint density at radius 1 is 1.12 bits per heavy atom. The molecule has 1 saturated carbocycles. The van der Waals surface area contributed by atoms with Crippen molar-refractivity contribution in [3.8, 4) is 11.1 Å². The molecule has 2 atom stereocenters. The van der Waals surface area contributed by atoms with Crippen molar-refractivity contribution in [1.82, 2.24) is 14.8 Å². The van der Waals surface area contributed by atoms with Gasteiger partial charge in [-0.3, -0.25) is 9.59 Å². The SMILES string of the molecule is CCC(=O)N[C@H]1CC[C@@H](N(C)C(=O)c2ccc(-c3ccc4c(c3)c(CN)cn4C)cc2)C1. The number of benzene rings is 2. The van der Waals surface area contributed by atoms with Crippen LogP contribution in [0.3, 0.4) is 0 Å². The summed E-state index contributed by atoms with van der Waals surface area (Å²) in [6.07, 6.45) is 5.21. The molecule has 0 bridgehead atoms. The normalized spacial score (nSPS) is 18.1. The predicted octanol–water partition coefficient (Wildman–Crippen LogP) is 3.82. The highest BCUT2D eigenvalue weighted by atomic mass is 16.2. The van der Waals surface area contributed by atoms with Gasteiger partial charge in [0.15, 0.2) is 0 Å². The van der Waals surface area contributed by atoms with Crippen molar-refractivity contribution >= 4 is 22.7 Å². The number of hydrogen-bond donors (Lipinski definition) is 2. The van der Waals surface area contributed by atoms with Crippen LogP contribution in [-0.4, -0.2) is 40.4 Å². The molecule has 0 unspecified atom stereocenters.